The van der Waals surface area contributed by atoms with E-state index in [4.69, 9.17) is 0 Å². The van der Waals surface area contributed by atoms with Crippen molar-refractivity contribution in [1.82, 2.24) is 0 Å². The largest absolute Gasteiger partial charge is 0.278 e. The number of hydrogen-bond donors (Lipinski definition) is 0. The molecule has 0 aromatic heterocycles. The second-order valence-corrected chi connectivity index (χ2v) is 2.39. The molecule has 0 saturated heterocycles. The predicted molar refractivity (Wildman–Crippen MR) is 37.7 cm³/mol. The molecule has 0 radical (unpaired) electrons. The Kier molecular flexibility index (Phi) is 2.22. The van der Waals surface area contributed by atoms with Gasteiger partial charge in [0.05, 0.1) is 16.6 Å². The highest BCUT2D eigenvalue weighted by Gasteiger charge is 2.21. The van der Waals surface area contributed by atoms with Crippen LogP contribution in [0.4, 0.5) is 18.9 Å². The van der Waals surface area contributed by atoms with Crippen LogP contribution in [0.3, 0.4) is 0 Å². The zero-order valence-corrected chi connectivity index (χ0v) is 6.47. The van der Waals surface area contributed by atoms with Gasteiger partial charge in [-0.15, -0.1) is 0 Å². The Hall–Kier alpha value is -1.59. The smallest absolute Gasteiger partial charge is 0.258 e. The Morgan fingerprint density at radius 3 is 2.31 bits per heavy atom. The zero-order valence-electron chi connectivity index (χ0n) is 6.47. The number of nitrogens with zero attached hydrogens (tertiary/aromatic N) is 1. The molecule has 1 aromatic rings. The molecule has 0 N–H and O–H groups in total. The molecule has 3 nitrogen and oxygen atoms in total. The van der Waals surface area contributed by atoms with Crippen molar-refractivity contribution in [3.05, 3.63) is 39.2 Å². The van der Waals surface area contributed by atoms with E-state index in [0.29, 0.717) is 6.07 Å². The van der Waals surface area contributed by atoms with Crippen molar-refractivity contribution in [3.8, 4) is 0 Å². The van der Waals surface area contributed by atoms with Gasteiger partial charge in [-0.2, -0.15) is 0 Å². The summed E-state index contributed by atoms with van der Waals surface area (Å²) in [5.41, 5.74) is -1.28. The van der Waals surface area contributed by atoms with Crippen LogP contribution >= 0.6 is 0 Å². The molecule has 0 atom stereocenters. The van der Waals surface area contributed by atoms with Crippen LogP contribution in [0.25, 0.3) is 0 Å². The van der Waals surface area contributed by atoms with Crippen molar-refractivity contribution in [2.24, 2.45) is 0 Å². The molecule has 13 heavy (non-hydrogen) atoms. The standard InChI is InChI=1S/C7H4F3NO2/c1-3-5(11(12)13)2-4(8)7(10)6(3)9/h2H,1H3. The summed E-state index contributed by atoms with van der Waals surface area (Å²) in [6, 6.07) is 0.355. The molecule has 1 rings (SSSR count). The van der Waals surface area contributed by atoms with Crippen LogP contribution in [-0.2, 0) is 0 Å². The second-order valence-electron chi connectivity index (χ2n) is 2.39. The molecule has 0 aliphatic rings. The van der Waals surface area contributed by atoms with Crippen LogP contribution in [0.2, 0.25) is 0 Å². The third-order valence-electron chi connectivity index (χ3n) is 1.58. The van der Waals surface area contributed by atoms with Crippen LogP contribution in [0, 0.1) is 34.5 Å². The van der Waals surface area contributed by atoms with Gasteiger partial charge < -0.3 is 0 Å². The van der Waals surface area contributed by atoms with E-state index >= 15 is 0 Å². The highest BCUT2D eigenvalue weighted by Crippen LogP contribution is 2.24. The fourth-order valence-electron chi connectivity index (χ4n) is 0.863. The van der Waals surface area contributed by atoms with Crippen LogP contribution in [0.15, 0.2) is 6.07 Å². The number of nitro groups is 1. The minimum absolute atomic E-state index is 0.355. The first kappa shape index (κ1) is 9.50. The number of nitro benzene ring substituents is 1. The molecule has 0 heterocycles. The van der Waals surface area contributed by atoms with Crippen LogP contribution < -0.4 is 0 Å². The van der Waals surface area contributed by atoms with E-state index in [2.05, 4.69) is 0 Å². The fourth-order valence-corrected chi connectivity index (χ4v) is 0.863. The topological polar surface area (TPSA) is 43.1 Å². The van der Waals surface area contributed by atoms with E-state index in [0.717, 1.165) is 6.92 Å². The highest BCUT2D eigenvalue weighted by atomic mass is 19.2. The van der Waals surface area contributed by atoms with Crippen molar-refractivity contribution >= 4 is 5.69 Å². The maximum Gasteiger partial charge on any atom is 0.278 e. The quantitative estimate of drug-likeness (QED) is 0.388. The lowest BCUT2D eigenvalue weighted by atomic mass is 10.2. The number of rotatable bonds is 1. The summed E-state index contributed by atoms with van der Waals surface area (Å²) in [6.45, 7) is 1.01. The van der Waals surface area contributed by atoms with E-state index < -0.39 is 33.6 Å². The first-order chi connectivity index (χ1) is 5.95. The Morgan fingerprint density at radius 1 is 1.31 bits per heavy atom. The molecular formula is C7H4F3NO2. The van der Waals surface area contributed by atoms with Crippen molar-refractivity contribution < 1.29 is 18.1 Å². The highest BCUT2D eigenvalue weighted by molar-refractivity contribution is 5.40. The van der Waals surface area contributed by atoms with Gasteiger partial charge in [-0.1, -0.05) is 0 Å². The first-order valence-electron chi connectivity index (χ1n) is 3.23. The van der Waals surface area contributed by atoms with Crippen molar-refractivity contribution in [3.63, 3.8) is 0 Å². The van der Waals surface area contributed by atoms with Gasteiger partial charge >= 0.3 is 0 Å². The monoisotopic (exact) mass is 191 g/mol. The van der Waals surface area contributed by atoms with Gasteiger partial charge in [-0.3, -0.25) is 10.1 Å². The van der Waals surface area contributed by atoms with Crippen LogP contribution in [0.5, 0.6) is 0 Å². The Morgan fingerprint density at radius 2 is 1.85 bits per heavy atom. The summed E-state index contributed by atoms with van der Waals surface area (Å²) in [6.07, 6.45) is 0. The number of benzene rings is 1. The summed E-state index contributed by atoms with van der Waals surface area (Å²) in [7, 11) is 0. The molecular weight excluding hydrogens is 187 g/mol. The minimum Gasteiger partial charge on any atom is -0.258 e. The van der Waals surface area contributed by atoms with Gasteiger partial charge in [0, 0.05) is 0 Å². The van der Waals surface area contributed by atoms with Gasteiger partial charge in [-0.05, 0) is 6.92 Å². The van der Waals surface area contributed by atoms with Gasteiger partial charge in [0.25, 0.3) is 5.69 Å². The molecule has 0 unspecified atom stereocenters. The predicted octanol–water partition coefficient (Wildman–Crippen LogP) is 2.32. The van der Waals surface area contributed by atoms with Crippen LogP contribution in [0.1, 0.15) is 5.56 Å². The van der Waals surface area contributed by atoms with Gasteiger partial charge in [-0.25, -0.2) is 13.2 Å². The van der Waals surface area contributed by atoms with Gasteiger partial charge in [0.1, 0.15) is 0 Å². The average molecular weight is 191 g/mol. The lowest BCUT2D eigenvalue weighted by Crippen LogP contribution is -2.00. The molecule has 0 bridgehead atoms. The molecule has 0 amide bonds. The summed E-state index contributed by atoms with van der Waals surface area (Å²) in [5.74, 6) is -4.77. The first-order valence-corrected chi connectivity index (χ1v) is 3.23. The SMILES string of the molecule is Cc1c([N+](=O)[O-])cc(F)c(F)c1F. The summed E-state index contributed by atoms with van der Waals surface area (Å²) < 4.78 is 37.6. The summed E-state index contributed by atoms with van der Waals surface area (Å²) in [5, 5.41) is 10.2. The lowest BCUT2D eigenvalue weighted by molar-refractivity contribution is -0.385. The van der Waals surface area contributed by atoms with E-state index in [9.17, 15) is 23.3 Å². The molecule has 0 fully saturated rings. The average Bonchev–Trinajstić information content (AvgIpc) is 2.07. The third kappa shape index (κ3) is 1.47. The van der Waals surface area contributed by atoms with Crippen LogP contribution in [-0.4, -0.2) is 4.92 Å². The molecule has 70 valence electrons. The summed E-state index contributed by atoms with van der Waals surface area (Å²) >= 11 is 0. The Bertz CT molecular complexity index is 378. The Balaban J connectivity index is 3.50. The number of halogens is 3. The second kappa shape index (κ2) is 3.04. The number of hydrogen-bond acceptors (Lipinski definition) is 2. The maximum absolute atomic E-state index is 12.7. The van der Waals surface area contributed by atoms with Crippen molar-refractivity contribution in [2.45, 2.75) is 6.92 Å². The van der Waals surface area contributed by atoms with E-state index in [-0.39, 0.29) is 0 Å². The zero-order chi connectivity index (χ0) is 10.2. The van der Waals surface area contributed by atoms with E-state index in [1.54, 1.807) is 0 Å². The fraction of sp³-hybridized carbons (Fsp3) is 0.143. The minimum atomic E-state index is -1.69. The van der Waals surface area contributed by atoms with Gasteiger partial charge in [0.2, 0.25) is 0 Å². The van der Waals surface area contributed by atoms with Crippen molar-refractivity contribution in [1.29, 1.82) is 0 Å². The normalized spacial score (nSPS) is 10.2. The molecule has 0 aliphatic heterocycles. The molecule has 6 heteroatoms. The van der Waals surface area contributed by atoms with Crippen molar-refractivity contribution in [2.75, 3.05) is 0 Å². The van der Waals surface area contributed by atoms with E-state index in [1.807, 2.05) is 0 Å². The maximum atomic E-state index is 12.7. The molecule has 1 aromatic carbocycles. The Labute approximate surface area is 70.9 Å². The summed E-state index contributed by atoms with van der Waals surface area (Å²) in [4.78, 5) is 9.22. The lowest BCUT2D eigenvalue weighted by Gasteiger charge is -2.00. The van der Waals surface area contributed by atoms with Gasteiger partial charge in [0.15, 0.2) is 17.5 Å². The third-order valence-corrected chi connectivity index (χ3v) is 1.58. The molecule has 0 spiro atoms. The molecule has 0 aliphatic carbocycles. The molecule has 0 saturated carbocycles. The van der Waals surface area contributed by atoms with E-state index in [1.165, 1.54) is 0 Å².